The van der Waals surface area contributed by atoms with Gasteiger partial charge in [-0.2, -0.15) is 0 Å². The van der Waals surface area contributed by atoms with Crippen LogP contribution >= 0.6 is 23.5 Å². The molecule has 1 aliphatic rings. The average Bonchev–Trinajstić information content (AvgIpc) is 3.35. The highest BCUT2D eigenvalue weighted by Gasteiger charge is 2.56. The van der Waals surface area contributed by atoms with Crippen LogP contribution in [0.15, 0.2) is 87.5 Å². The van der Waals surface area contributed by atoms with E-state index in [1.165, 1.54) is 31.4 Å². The molecule has 168 valence electrons. The van der Waals surface area contributed by atoms with Crippen molar-refractivity contribution in [2.24, 2.45) is 0 Å². The Labute approximate surface area is 203 Å². The third kappa shape index (κ3) is 7.57. The molecule has 3 aromatic carbocycles. The van der Waals surface area contributed by atoms with Crippen LogP contribution < -0.4 is 18.6 Å². The molecule has 4 rings (SSSR count). The molecule has 4 nitrogen and oxygen atoms in total. The fraction of sp³-hybridized carbons (Fsp3) is 0.208. The lowest BCUT2D eigenvalue weighted by Crippen LogP contribution is -2.68. The van der Waals surface area contributed by atoms with Gasteiger partial charge in [0, 0.05) is 21.4 Å². The summed E-state index contributed by atoms with van der Waals surface area (Å²) in [5, 5.41) is 1.11. The van der Waals surface area contributed by atoms with E-state index >= 15 is 0 Å². The lowest BCUT2D eigenvalue weighted by Gasteiger charge is -2.17. The lowest BCUT2D eigenvalue weighted by atomic mass is 10.2. The number of halogens is 1. The van der Waals surface area contributed by atoms with Gasteiger partial charge < -0.3 is 0 Å². The van der Waals surface area contributed by atoms with Crippen molar-refractivity contribution in [1.29, 1.82) is 0 Å². The maximum Gasteiger partial charge on any atom is 0.233 e. The maximum atomic E-state index is 8.49. The molecule has 0 amide bonds. The third-order valence-corrected chi connectivity index (χ3v) is 9.62. The van der Waals surface area contributed by atoms with E-state index in [-0.39, 0.29) is 0 Å². The van der Waals surface area contributed by atoms with Crippen LogP contribution in [0.5, 0.6) is 0 Å². The summed E-state index contributed by atoms with van der Waals surface area (Å²) in [5.41, 5.74) is 4.10. The molecular weight excluding hydrogens is 484 g/mol. The molecule has 0 aromatic heterocycles. The van der Waals surface area contributed by atoms with Crippen LogP contribution in [0.4, 0.5) is 0 Å². The zero-order valence-corrected chi connectivity index (χ0v) is 21.0. The van der Waals surface area contributed by atoms with Crippen molar-refractivity contribution < 1.29 is 28.9 Å². The Balaban J connectivity index is 0.000000523. The molecule has 2 atom stereocenters. The van der Waals surface area contributed by atoms with Gasteiger partial charge in [-0.05, 0) is 44.0 Å². The van der Waals surface area contributed by atoms with Gasteiger partial charge in [-0.25, -0.2) is 18.6 Å². The zero-order valence-electron chi connectivity index (χ0n) is 17.8. The summed E-state index contributed by atoms with van der Waals surface area (Å²) in [5.74, 6) is 0. The quantitative estimate of drug-likeness (QED) is 0.387. The van der Waals surface area contributed by atoms with E-state index in [9.17, 15) is 0 Å². The number of rotatable bonds is 5. The minimum absolute atomic E-state index is 0.556. The summed E-state index contributed by atoms with van der Waals surface area (Å²) in [6.45, 7) is 6.63. The maximum absolute atomic E-state index is 8.49. The largest absolute Gasteiger partial charge is 0.233 e. The van der Waals surface area contributed by atoms with Crippen LogP contribution in [0.2, 0.25) is 0 Å². The number of benzene rings is 3. The van der Waals surface area contributed by atoms with Gasteiger partial charge in [0.15, 0.2) is 0 Å². The van der Waals surface area contributed by atoms with E-state index in [1.54, 1.807) is 4.86 Å². The SMILES string of the molecule is Cc1ccccc1SC1C(=[S+]c2ccccc2C)C1Sc1ccccc1C.[O-][Cl+3]([O-])([O-])[O-]. The van der Waals surface area contributed by atoms with Crippen LogP contribution in [0.1, 0.15) is 16.7 Å². The first-order chi connectivity index (χ1) is 15.1. The monoisotopic (exact) mass is 506 g/mol. The van der Waals surface area contributed by atoms with Gasteiger partial charge in [0.2, 0.25) is 21.1 Å². The fourth-order valence-corrected chi connectivity index (χ4v) is 7.51. The Morgan fingerprint density at radius 2 is 1.00 bits per heavy atom. The molecule has 0 aliphatic heterocycles. The van der Waals surface area contributed by atoms with Gasteiger partial charge in [0.25, 0.3) is 0 Å². The Bertz CT molecular complexity index is 1040. The zero-order chi connectivity index (χ0) is 23.3. The van der Waals surface area contributed by atoms with E-state index in [1.807, 2.05) is 34.9 Å². The fourth-order valence-electron chi connectivity index (χ4n) is 3.00. The number of aryl methyl sites for hydroxylation is 3. The molecule has 8 heteroatoms. The predicted octanol–water partition coefficient (Wildman–Crippen LogP) is 1.81. The molecule has 2 unspecified atom stereocenters. The van der Waals surface area contributed by atoms with Crippen LogP contribution in [0.25, 0.3) is 0 Å². The minimum Gasteiger partial charge on any atom is -0.222 e. The summed E-state index contributed by atoms with van der Waals surface area (Å²) in [7, 11) is -4.94. The van der Waals surface area contributed by atoms with Crippen molar-refractivity contribution in [3.8, 4) is 0 Å². The molecule has 0 radical (unpaired) electrons. The van der Waals surface area contributed by atoms with Gasteiger partial charge in [0.1, 0.15) is 10.5 Å². The summed E-state index contributed by atoms with van der Waals surface area (Å²) in [4.78, 5) is 5.78. The molecule has 32 heavy (non-hydrogen) atoms. The first kappa shape index (κ1) is 25.2. The van der Waals surface area contributed by atoms with Gasteiger partial charge in [-0.3, -0.25) is 0 Å². The van der Waals surface area contributed by atoms with Crippen molar-refractivity contribution in [2.45, 2.75) is 46.0 Å². The van der Waals surface area contributed by atoms with E-state index in [4.69, 9.17) is 18.6 Å². The number of hydrogen-bond acceptors (Lipinski definition) is 6. The highest BCUT2D eigenvalue weighted by molar-refractivity contribution is 8.08. The normalized spacial score (nSPS) is 17.4. The summed E-state index contributed by atoms with van der Waals surface area (Å²) in [6.07, 6.45) is 0. The van der Waals surface area contributed by atoms with E-state index < -0.39 is 10.2 Å². The number of hydrogen-bond donors (Lipinski definition) is 0. The Hall–Kier alpha value is -1.42. The van der Waals surface area contributed by atoms with Crippen LogP contribution in [0, 0.1) is 31.0 Å². The summed E-state index contributed by atoms with van der Waals surface area (Å²) >= 11 is 6.03. The van der Waals surface area contributed by atoms with E-state index in [2.05, 4.69) is 93.6 Å². The Kier molecular flexibility index (Phi) is 8.77. The molecule has 0 saturated heterocycles. The van der Waals surface area contributed by atoms with Gasteiger partial charge in [-0.1, -0.05) is 54.6 Å². The van der Waals surface area contributed by atoms with Crippen LogP contribution in [-0.4, -0.2) is 15.4 Å². The molecule has 1 aliphatic carbocycles. The minimum atomic E-state index is -4.94. The smallest absolute Gasteiger partial charge is 0.222 e. The number of thioether (sulfide) groups is 2. The lowest BCUT2D eigenvalue weighted by molar-refractivity contribution is -2.00. The van der Waals surface area contributed by atoms with Crippen LogP contribution in [0.3, 0.4) is 0 Å². The van der Waals surface area contributed by atoms with Gasteiger partial charge >= 0.3 is 0 Å². The van der Waals surface area contributed by atoms with Crippen LogP contribution in [-0.2, 0) is 11.4 Å². The molecule has 0 heterocycles. The highest BCUT2D eigenvalue weighted by atomic mass is 35.7. The molecule has 1 fully saturated rings. The van der Waals surface area contributed by atoms with Crippen molar-refractivity contribution in [3.63, 3.8) is 0 Å². The second kappa shape index (κ2) is 11.1. The van der Waals surface area contributed by atoms with Crippen molar-refractivity contribution >= 4 is 39.7 Å². The van der Waals surface area contributed by atoms with Gasteiger partial charge in [0.05, 0.1) is 0 Å². The predicted molar refractivity (Wildman–Crippen MR) is 123 cm³/mol. The third-order valence-electron chi connectivity index (χ3n) is 4.74. The average molecular weight is 507 g/mol. The van der Waals surface area contributed by atoms with E-state index in [0.717, 1.165) is 0 Å². The second-order valence-corrected chi connectivity index (χ2v) is 11.5. The van der Waals surface area contributed by atoms with Crippen molar-refractivity contribution in [3.05, 3.63) is 89.5 Å². The molecular formula is C24H23ClO4S3. The molecule has 0 N–H and O–H groups in total. The molecule has 3 aromatic rings. The topological polar surface area (TPSA) is 92.2 Å². The highest BCUT2D eigenvalue weighted by Crippen LogP contribution is 2.48. The summed E-state index contributed by atoms with van der Waals surface area (Å²) in [6, 6.07) is 26.2. The Morgan fingerprint density at radius 1 is 0.625 bits per heavy atom. The van der Waals surface area contributed by atoms with E-state index in [0.29, 0.717) is 10.5 Å². The first-order valence-corrected chi connectivity index (χ1v) is 13.6. The molecule has 1 saturated carbocycles. The standard InChI is InChI=1S/C24H23S3.ClHO4/c1-16-10-4-7-13-19(16)25-22-23(26-20-14-8-5-11-17(20)2)24(22)27-21-15-9-6-12-18(21)3;2-1(3,4)5/h4-15,22-23H,1-3H3;(H,2,3,4,5)/q+1;/p-1. The second-order valence-electron chi connectivity index (χ2n) is 7.26. The molecule has 0 bridgehead atoms. The van der Waals surface area contributed by atoms with Gasteiger partial charge in [-0.15, -0.1) is 33.8 Å². The first-order valence-electron chi connectivity index (χ1n) is 9.80. The Morgan fingerprint density at radius 3 is 1.41 bits per heavy atom. The van der Waals surface area contributed by atoms with Crippen molar-refractivity contribution in [2.75, 3.05) is 0 Å². The molecule has 0 spiro atoms. The van der Waals surface area contributed by atoms with Crippen molar-refractivity contribution in [1.82, 2.24) is 0 Å². The summed E-state index contributed by atoms with van der Waals surface area (Å²) < 4.78 is 34.0.